The third kappa shape index (κ3) is 3.50. The Balaban J connectivity index is 1.56. The van der Waals surface area contributed by atoms with Crippen molar-refractivity contribution in [2.75, 3.05) is 12.5 Å². The Kier molecular flexibility index (Phi) is 4.85. The molecule has 2 aromatic rings. The van der Waals surface area contributed by atoms with Gasteiger partial charge in [0.05, 0.1) is 28.2 Å². The maximum absolute atomic E-state index is 12.1. The summed E-state index contributed by atoms with van der Waals surface area (Å²) in [6.45, 7) is -0.545. The fourth-order valence-electron chi connectivity index (χ4n) is 2.53. The van der Waals surface area contributed by atoms with E-state index in [1.165, 1.54) is 24.3 Å². The Labute approximate surface area is 150 Å². The molecule has 0 aromatic heterocycles. The van der Waals surface area contributed by atoms with Gasteiger partial charge in [0.15, 0.2) is 16.6 Å². The summed E-state index contributed by atoms with van der Waals surface area (Å²) in [6, 6.07) is 14.1. The highest BCUT2D eigenvalue weighted by Gasteiger charge is 2.35. The summed E-state index contributed by atoms with van der Waals surface area (Å²) < 4.78 is 29.2. The molecule has 0 atom stereocenters. The molecule has 1 aliphatic heterocycles. The van der Waals surface area contributed by atoms with Crippen LogP contribution < -0.4 is 0 Å². The van der Waals surface area contributed by atoms with Crippen molar-refractivity contribution in [3.8, 4) is 0 Å². The molecule has 0 bridgehead atoms. The number of ether oxygens (including phenoxy) is 1. The minimum absolute atomic E-state index is 0.119. The van der Waals surface area contributed by atoms with Gasteiger partial charge in [0.1, 0.15) is 0 Å². The SMILES string of the molecule is O=C(CCS(=O)(=O)c1ccccc1)OCN1C(=O)c2ccccc2C1=O. The number of benzene rings is 2. The van der Waals surface area contributed by atoms with Crippen LogP contribution in [0.5, 0.6) is 0 Å². The van der Waals surface area contributed by atoms with Gasteiger partial charge in [0.2, 0.25) is 0 Å². The molecule has 3 rings (SSSR count). The van der Waals surface area contributed by atoms with Gasteiger partial charge < -0.3 is 4.74 Å². The standard InChI is InChI=1S/C18H15NO6S/c20-16(10-11-26(23,24)13-6-2-1-3-7-13)25-12-19-17(21)14-8-4-5-9-15(14)18(19)22/h1-9H,10-12H2. The molecule has 2 amide bonds. The summed E-state index contributed by atoms with van der Waals surface area (Å²) in [5.74, 6) is -2.32. The van der Waals surface area contributed by atoms with Crippen LogP contribution in [0.4, 0.5) is 0 Å². The third-order valence-electron chi connectivity index (χ3n) is 3.91. The number of fused-ring (bicyclic) bond motifs is 1. The normalized spacial score (nSPS) is 13.6. The molecule has 134 valence electrons. The van der Waals surface area contributed by atoms with Crippen molar-refractivity contribution in [2.24, 2.45) is 0 Å². The molecular formula is C18H15NO6S. The maximum atomic E-state index is 12.1. The summed E-state index contributed by atoms with van der Waals surface area (Å²) in [6.07, 6.45) is -0.375. The van der Waals surface area contributed by atoms with E-state index < -0.39 is 40.1 Å². The van der Waals surface area contributed by atoms with Crippen LogP contribution in [0.3, 0.4) is 0 Å². The van der Waals surface area contributed by atoms with Gasteiger partial charge in [0, 0.05) is 0 Å². The fraction of sp³-hybridized carbons (Fsp3) is 0.167. The quantitative estimate of drug-likeness (QED) is 0.564. The van der Waals surface area contributed by atoms with Crippen LogP contribution in [0.25, 0.3) is 0 Å². The molecule has 0 unspecified atom stereocenters. The second-order valence-electron chi connectivity index (χ2n) is 5.61. The van der Waals surface area contributed by atoms with E-state index in [0.717, 1.165) is 4.90 Å². The van der Waals surface area contributed by atoms with Crippen LogP contribution in [0.15, 0.2) is 59.5 Å². The molecule has 0 saturated carbocycles. The number of amides is 2. The molecule has 2 aromatic carbocycles. The van der Waals surface area contributed by atoms with Crippen LogP contribution >= 0.6 is 0 Å². The van der Waals surface area contributed by atoms with Gasteiger partial charge in [-0.15, -0.1) is 0 Å². The number of hydrogen-bond acceptors (Lipinski definition) is 6. The van der Waals surface area contributed by atoms with E-state index in [2.05, 4.69) is 0 Å². The Morgan fingerprint density at radius 2 is 1.42 bits per heavy atom. The second-order valence-corrected chi connectivity index (χ2v) is 7.72. The summed E-state index contributed by atoms with van der Waals surface area (Å²) in [7, 11) is -3.61. The average molecular weight is 373 g/mol. The van der Waals surface area contributed by atoms with Crippen molar-refractivity contribution >= 4 is 27.6 Å². The van der Waals surface area contributed by atoms with Crippen molar-refractivity contribution in [2.45, 2.75) is 11.3 Å². The second kappa shape index (κ2) is 7.09. The summed E-state index contributed by atoms with van der Waals surface area (Å²) in [5.41, 5.74) is 0.500. The van der Waals surface area contributed by atoms with Crippen LogP contribution in [-0.4, -0.2) is 43.6 Å². The topological polar surface area (TPSA) is 97.8 Å². The summed E-state index contributed by atoms with van der Waals surface area (Å²) in [5, 5.41) is 0. The van der Waals surface area contributed by atoms with E-state index in [1.54, 1.807) is 30.3 Å². The van der Waals surface area contributed by atoms with Gasteiger partial charge in [0.25, 0.3) is 11.8 Å². The molecule has 0 N–H and O–H groups in total. The zero-order valence-electron chi connectivity index (χ0n) is 13.6. The highest BCUT2D eigenvalue weighted by molar-refractivity contribution is 7.91. The van der Waals surface area contributed by atoms with Crippen molar-refractivity contribution in [1.82, 2.24) is 4.90 Å². The minimum atomic E-state index is -3.61. The van der Waals surface area contributed by atoms with Crippen molar-refractivity contribution in [3.63, 3.8) is 0 Å². The van der Waals surface area contributed by atoms with Crippen molar-refractivity contribution in [1.29, 1.82) is 0 Å². The number of esters is 1. The summed E-state index contributed by atoms with van der Waals surface area (Å²) >= 11 is 0. The molecule has 0 radical (unpaired) electrons. The molecule has 0 fully saturated rings. The third-order valence-corrected chi connectivity index (χ3v) is 5.64. The number of carbonyl (C=O) groups excluding carboxylic acids is 3. The number of sulfone groups is 1. The smallest absolute Gasteiger partial charge is 0.308 e. The highest BCUT2D eigenvalue weighted by Crippen LogP contribution is 2.22. The predicted octanol–water partition coefficient (Wildman–Crippen LogP) is 1.65. The predicted molar refractivity (Wildman–Crippen MR) is 91.0 cm³/mol. The fourth-order valence-corrected chi connectivity index (χ4v) is 3.77. The molecule has 1 heterocycles. The van der Waals surface area contributed by atoms with Crippen LogP contribution in [0, 0.1) is 0 Å². The van der Waals surface area contributed by atoms with Crippen molar-refractivity contribution < 1.29 is 27.5 Å². The molecule has 1 aliphatic rings. The lowest BCUT2D eigenvalue weighted by atomic mass is 10.1. The van der Waals surface area contributed by atoms with E-state index in [1.807, 2.05) is 0 Å². The first-order valence-corrected chi connectivity index (χ1v) is 9.44. The number of imide groups is 1. The lowest BCUT2D eigenvalue weighted by Crippen LogP contribution is -2.33. The van der Waals surface area contributed by atoms with Crippen LogP contribution in [-0.2, 0) is 19.4 Å². The van der Waals surface area contributed by atoms with E-state index in [0.29, 0.717) is 0 Å². The number of rotatable bonds is 6. The molecular weight excluding hydrogens is 358 g/mol. The Morgan fingerprint density at radius 1 is 0.885 bits per heavy atom. The maximum Gasteiger partial charge on any atom is 0.308 e. The zero-order chi connectivity index (χ0) is 18.7. The molecule has 0 saturated heterocycles. The lowest BCUT2D eigenvalue weighted by Gasteiger charge is -2.13. The van der Waals surface area contributed by atoms with Crippen molar-refractivity contribution in [3.05, 3.63) is 65.7 Å². The van der Waals surface area contributed by atoms with Gasteiger partial charge in [-0.3, -0.25) is 14.4 Å². The van der Waals surface area contributed by atoms with E-state index >= 15 is 0 Å². The van der Waals surface area contributed by atoms with Gasteiger partial charge in [-0.25, -0.2) is 13.3 Å². The Morgan fingerprint density at radius 3 is 2.00 bits per heavy atom. The monoisotopic (exact) mass is 373 g/mol. The molecule has 0 aliphatic carbocycles. The highest BCUT2D eigenvalue weighted by atomic mass is 32.2. The van der Waals surface area contributed by atoms with E-state index in [4.69, 9.17) is 4.74 Å². The van der Waals surface area contributed by atoms with Gasteiger partial charge in [-0.05, 0) is 24.3 Å². The van der Waals surface area contributed by atoms with Gasteiger partial charge in [-0.1, -0.05) is 30.3 Å². The number of nitrogens with zero attached hydrogens (tertiary/aromatic N) is 1. The lowest BCUT2D eigenvalue weighted by molar-refractivity contribution is -0.145. The molecule has 0 spiro atoms. The minimum Gasteiger partial charge on any atom is -0.444 e. The first-order chi connectivity index (χ1) is 12.4. The molecule has 7 nitrogen and oxygen atoms in total. The first-order valence-electron chi connectivity index (χ1n) is 7.79. The average Bonchev–Trinajstić information content (AvgIpc) is 2.90. The van der Waals surface area contributed by atoms with E-state index in [-0.39, 0.29) is 22.4 Å². The number of hydrogen-bond donors (Lipinski definition) is 0. The van der Waals surface area contributed by atoms with Crippen LogP contribution in [0.2, 0.25) is 0 Å². The van der Waals surface area contributed by atoms with Crippen LogP contribution in [0.1, 0.15) is 27.1 Å². The summed E-state index contributed by atoms with van der Waals surface area (Å²) in [4.78, 5) is 37.0. The zero-order valence-corrected chi connectivity index (χ0v) is 14.4. The molecule has 26 heavy (non-hydrogen) atoms. The van der Waals surface area contributed by atoms with Gasteiger partial charge >= 0.3 is 5.97 Å². The largest absolute Gasteiger partial charge is 0.444 e. The first kappa shape index (κ1) is 17.8. The van der Waals surface area contributed by atoms with E-state index in [9.17, 15) is 22.8 Å². The molecule has 8 heteroatoms. The number of carbonyl (C=O) groups is 3. The van der Waals surface area contributed by atoms with Gasteiger partial charge in [-0.2, -0.15) is 0 Å². The Hall–Kier alpha value is -3.00. The Bertz CT molecular complexity index is 933.